The van der Waals surface area contributed by atoms with E-state index in [1.165, 1.54) is 16.1 Å². The van der Waals surface area contributed by atoms with Crippen molar-refractivity contribution in [1.29, 1.82) is 0 Å². The van der Waals surface area contributed by atoms with Crippen molar-refractivity contribution in [2.75, 3.05) is 19.6 Å². The van der Waals surface area contributed by atoms with Crippen LogP contribution in [0.2, 0.25) is 0 Å². The van der Waals surface area contributed by atoms with Crippen molar-refractivity contribution in [3.8, 4) is 0 Å². The zero-order valence-electron chi connectivity index (χ0n) is 13.6. The maximum atomic E-state index is 5.65. The van der Waals surface area contributed by atoms with Crippen molar-refractivity contribution in [3.05, 3.63) is 52.0 Å². The van der Waals surface area contributed by atoms with E-state index in [-0.39, 0.29) is 0 Å². The zero-order valence-corrected chi connectivity index (χ0v) is 14.4. The molecule has 4 nitrogen and oxygen atoms in total. The maximum absolute atomic E-state index is 5.65. The summed E-state index contributed by atoms with van der Waals surface area (Å²) in [4.78, 5) is 6.97. The topological polar surface area (TPSA) is 54.2 Å². The second-order valence-corrected chi connectivity index (χ2v) is 7.19. The number of aromatic nitrogens is 1. The lowest BCUT2D eigenvalue weighted by molar-refractivity contribution is 0.224. The molecule has 3 rings (SSSR count). The minimum absolute atomic E-state index is 0.516. The van der Waals surface area contributed by atoms with Crippen molar-refractivity contribution in [2.24, 2.45) is 5.73 Å². The molecule has 23 heavy (non-hydrogen) atoms. The van der Waals surface area contributed by atoms with E-state index in [0.29, 0.717) is 6.04 Å². The van der Waals surface area contributed by atoms with Crippen LogP contribution in [0, 0.1) is 0 Å². The van der Waals surface area contributed by atoms with Gasteiger partial charge in [0, 0.05) is 30.7 Å². The number of rotatable bonds is 8. The van der Waals surface area contributed by atoms with Gasteiger partial charge in [-0.15, -0.1) is 11.3 Å². The lowest BCUT2D eigenvalue weighted by Gasteiger charge is -2.31. The Morgan fingerprint density at radius 3 is 2.91 bits per heavy atom. The second-order valence-electron chi connectivity index (χ2n) is 6.21. The van der Waals surface area contributed by atoms with E-state index in [4.69, 9.17) is 5.73 Å². The first kappa shape index (κ1) is 16.6. The highest BCUT2D eigenvalue weighted by Gasteiger charge is 2.20. The Morgan fingerprint density at radius 1 is 1.26 bits per heavy atom. The predicted octanol–water partition coefficient (Wildman–Crippen LogP) is 2.40. The molecule has 1 aromatic heterocycles. The van der Waals surface area contributed by atoms with E-state index in [1.807, 2.05) is 6.20 Å². The molecule has 0 amide bonds. The third-order valence-electron chi connectivity index (χ3n) is 4.42. The van der Waals surface area contributed by atoms with Crippen molar-refractivity contribution < 1.29 is 0 Å². The summed E-state index contributed by atoms with van der Waals surface area (Å²) in [6.07, 6.45) is 5.26. The molecule has 0 radical (unpaired) electrons. The third-order valence-corrected chi connectivity index (χ3v) is 5.18. The van der Waals surface area contributed by atoms with E-state index >= 15 is 0 Å². The van der Waals surface area contributed by atoms with Crippen LogP contribution in [0.4, 0.5) is 0 Å². The number of benzene rings is 1. The van der Waals surface area contributed by atoms with Crippen LogP contribution in [-0.2, 0) is 19.5 Å². The Labute approximate surface area is 142 Å². The van der Waals surface area contributed by atoms with Crippen LogP contribution in [0.5, 0.6) is 0 Å². The van der Waals surface area contributed by atoms with Gasteiger partial charge in [0.15, 0.2) is 0 Å². The highest BCUT2D eigenvalue weighted by molar-refractivity contribution is 7.09. The molecule has 1 aliphatic heterocycles. The molecule has 3 N–H and O–H groups in total. The molecule has 0 bridgehead atoms. The van der Waals surface area contributed by atoms with Crippen LogP contribution in [0.25, 0.3) is 0 Å². The van der Waals surface area contributed by atoms with Crippen LogP contribution in [0.1, 0.15) is 29.0 Å². The molecule has 1 atom stereocenters. The summed E-state index contributed by atoms with van der Waals surface area (Å²) in [5.41, 5.74) is 8.58. The summed E-state index contributed by atoms with van der Waals surface area (Å²) in [5, 5.41) is 6.95. The highest BCUT2D eigenvalue weighted by atomic mass is 32.1. The Bertz CT molecular complexity index is 584. The van der Waals surface area contributed by atoms with Crippen LogP contribution in [-0.4, -0.2) is 35.6 Å². The Hall–Kier alpha value is -1.27. The lowest BCUT2D eigenvalue weighted by atomic mass is 9.95. The number of thiazole rings is 1. The quantitative estimate of drug-likeness (QED) is 0.730. The Balaban J connectivity index is 1.59. The summed E-state index contributed by atoms with van der Waals surface area (Å²) in [6.45, 7) is 4.87. The SMILES string of the molecule is NCCCCN(Cc1nccs1)CC1Cc2ccccc2CN1. The van der Waals surface area contributed by atoms with E-state index in [9.17, 15) is 0 Å². The standard InChI is InChI=1S/C18H26N4S/c19-7-3-4-9-22(14-18-20-8-10-23-18)13-17-11-15-5-1-2-6-16(15)12-21-17/h1-2,5-6,8,10,17,21H,3-4,7,9,11-14,19H2. The first-order chi connectivity index (χ1) is 11.3. The fraction of sp³-hybridized carbons (Fsp3) is 0.500. The summed E-state index contributed by atoms with van der Waals surface area (Å²) in [5.74, 6) is 0. The number of fused-ring (bicyclic) bond motifs is 1. The van der Waals surface area contributed by atoms with Crippen LogP contribution in [0.3, 0.4) is 0 Å². The molecule has 0 aliphatic carbocycles. The number of nitrogens with one attached hydrogen (secondary N) is 1. The minimum atomic E-state index is 0.516. The van der Waals surface area contributed by atoms with Gasteiger partial charge in [-0.1, -0.05) is 24.3 Å². The minimum Gasteiger partial charge on any atom is -0.330 e. The molecule has 1 aliphatic rings. The van der Waals surface area contributed by atoms with Gasteiger partial charge >= 0.3 is 0 Å². The number of nitrogens with zero attached hydrogens (tertiary/aromatic N) is 2. The average Bonchev–Trinajstić information content (AvgIpc) is 3.08. The van der Waals surface area contributed by atoms with Gasteiger partial charge in [0.1, 0.15) is 5.01 Å². The van der Waals surface area contributed by atoms with Crippen molar-refractivity contribution in [3.63, 3.8) is 0 Å². The fourth-order valence-corrected chi connectivity index (χ4v) is 3.86. The van der Waals surface area contributed by atoms with Crippen molar-refractivity contribution >= 4 is 11.3 Å². The predicted molar refractivity (Wildman–Crippen MR) is 96.5 cm³/mol. The average molecular weight is 331 g/mol. The van der Waals surface area contributed by atoms with E-state index in [0.717, 1.165) is 52.0 Å². The molecule has 5 heteroatoms. The molecule has 0 spiro atoms. The van der Waals surface area contributed by atoms with E-state index in [1.54, 1.807) is 11.3 Å². The number of hydrogen-bond donors (Lipinski definition) is 2. The molecule has 0 fully saturated rings. The van der Waals surface area contributed by atoms with Crippen LogP contribution >= 0.6 is 11.3 Å². The fourth-order valence-electron chi connectivity index (χ4n) is 3.20. The number of unbranched alkanes of at least 4 members (excludes halogenated alkanes) is 1. The smallest absolute Gasteiger partial charge is 0.107 e. The molecule has 1 unspecified atom stereocenters. The van der Waals surface area contributed by atoms with Gasteiger partial charge in [-0.2, -0.15) is 0 Å². The van der Waals surface area contributed by atoms with Crippen molar-refractivity contribution in [2.45, 2.75) is 38.4 Å². The largest absolute Gasteiger partial charge is 0.330 e. The monoisotopic (exact) mass is 330 g/mol. The molecule has 1 aromatic carbocycles. The van der Waals surface area contributed by atoms with Gasteiger partial charge in [0.2, 0.25) is 0 Å². The summed E-state index contributed by atoms with van der Waals surface area (Å²) in [7, 11) is 0. The summed E-state index contributed by atoms with van der Waals surface area (Å²) >= 11 is 1.74. The van der Waals surface area contributed by atoms with Gasteiger partial charge < -0.3 is 11.1 Å². The van der Waals surface area contributed by atoms with Crippen LogP contribution < -0.4 is 11.1 Å². The molecule has 124 valence electrons. The first-order valence-electron chi connectivity index (χ1n) is 8.46. The molecule has 0 saturated heterocycles. The first-order valence-corrected chi connectivity index (χ1v) is 9.34. The van der Waals surface area contributed by atoms with E-state index < -0.39 is 0 Å². The number of hydrogen-bond acceptors (Lipinski definition) is 5. The Morgan fingerprint density at radius 2 is 2.13 bits per heavy atom. The molecular weight excluding hydrogens is 304 g/mol. The Kier molecular flexibility index (Phi) is 6.16. The zero-order chi connectivity index (χ0) is 15.9. The second kappa shape index (κ2) is 8.55. The van der Waals surface area contributed by atoms with Gasteiger partial charge in [-0.05, 0) is 43.5 Å². The van der Waals surface area contributed by atoms with Crippen LogP contribution in [0.15, 0.2) is 35.8 Å². The maximum Gasteiger partial charge on any atom is 0.107 e. The number of nitrogens with two attached hydrogens (primary N) is 1. The van der Waals surface area contributed by atoms with Gasteiger partial charge in [-0.25, -0.2) is 4.98 Å². The lowest BCUT2D eigenvalue weighted by Crippen LogP contribution is -2.44. The van der Waals surface area contributed by atoms with Gasteiger partial charge in [0.05, 0.1) is 6.54 Å². The normalized spacial score (nSPS) is 17.4. The molecule has 0 saturated carbocycles. The molecule has 2 aromatic rings. The van der Waals surface area contributed by atoms with E-state index in [2.05, 4.69) is 44.8 Å². The highest BCUT2D eigenvalue weighted by Crippen LogP contribution is 2.18. The molecular formula is C18H26N4S. The van der Waals surface area contributed by atoms with Gasteiger partial charge in [-0.3, -0.25) is 4.90 Å². The summed E-state index contributed by atoms with van der Waals surface area (Å²) in [6, 6.07) is 9.29. The summed E-state index contributed by atoms with van der Waals surface area (Å²) < 4.78 is 0. The third kappa shape index (κ3) is 4.85. The van der Waals surface area contributed by atoms with Gasteiger partial charge in [0.25, 0.3) is 0 Å². The molecule has 2 heterocycles. The van der Waals surface area contributed by atoms with Crippen molar-refractivity contribution in [1.82, 2.24) is 15.2 Å².